The Hall–Kier alpha value is -1.96. The fourth-order valence-electron chi connectivity index (χ4n) is 1.73. The maximum atomic E-state index is 12.0. The van der Waals surface area contributed by atoms with E-state index >= 15 is 0 Å². The summed E-state index contributed by atoms with van der Waals surface area (Å²) in [7, 11) is -3.83. The van der Waals surface area contributed by atoms with Gasteiger partial charge >= 0.3 is 0 Å². The van der Waals surface area contributed by atoms with E-state index in [1.807, 2.05) is 18.7 Å². The van der Waals surface area contributed by atoms with E-state index in [2.05, 4.69) is 4.40 Å². The van der Waals surface area contributed by atoms with Crippen LogP contribution in [0.5, 0.6) is 0 Å². The van der Waals surface area contributed by atoms with E-state index in [1.54, 1.807) is 0 Å². The Morgan fingerprint density at radius 2 is 1.71 bits per heavy atom. The normalized spacial score (nSPS) is 11.7. The summed E-state index contributed by atoms with van der Waals surface area (Å²) in [5, 5.41) is 10.5. The summed E-state index contributed by atoms with van der Waals surface area (Å²) in [6.07, 6.45) is 3.11. The molecule has 0 spiro atoms. The maximum Gasteiger partial charge on any atom is 0.283 e. The average Bonchev–Trinajstić information content (AvgIpc) is 2.45. The molecule has 0 atom stereocenters. The van der Waals surface area contributed by atoms with Gasteiger partial charge in [-0.05, 0) is 25.0 Å². The van der Waals surface area contributed by atoms with Crippen LogP contribution in [0.15, 0.2) is 33.6 Å². The summed E-state index contributed by atoms with van der Waals surface area (Å²) >= 11 is 0. The third-order valence-electron chi connectivity index (χ3n) is 2.72. The first kappa shape index (κ1) is 17.1. The Morgan fingerprint density at radius 3 is 2.14 bits per heavy atom. The Balaban J connectivity index is 2.91. The van der Waals surface area contributed by atoms with Crippen LogP contribution in [0.3, 0.4) is 0 Å². The second-order valence-corrected chi connectivity index (χ2v) is 6.12. The van der Waals surface area contributed by atoms with Crippen LogP contribution < -0.4 is 0 Å². The van der Waals surface area contributed by atoms with E-state index in [-0.39, 0.29) is 10.6 Å². The second kappa shape index (κ2) is 7.72. The number of non-ortho nitro benzene ring substituents is 1. The van der Waals surface area contributed by atoms with Gasteiger partial charge in [-0.1, -0.05) is 13.8 Å². The predicted octanol–water partition coefficient (Wildman–Crippen LogP) is 2.43. The van der Waals surface area contributed by atoms with Gasteiger partial charge in [0.05, 0.1) is 9.82 Å². The van der Waals surface area contributed by atoms with Gasteiger partial charge in [-0.15, -0.1) is 4.40 Å². The van der Waals surface area contributed by atoms with Gasteiger partial charge in [0.15, 0.2) is 0 Å². The molecule has 0 aliphatic heterocycles. The standard InChI is InChI=1S/C13H19N3O4S/c1-3-9-15(10-4-2)11-14-21(19,20)13-7-5-12(6-8-13)16(17)18/h5-8,11H,3-4,9-10H2,1-2H3/b14-11+. The third kappa shape index (κ3) is 5.14. The molecule has 1 rings (SSSR count). The minimum Gasteiger partial charge on any atom is -0.362 e. The van der Waals surface area contributed by atoms with E-state index in [0.717, 1.165) is 38.1 Å². The molecule has 0 amide bonds. The van der Waals surface area contributed by atoms with Crippen molar-refractivity contribution in [1.29, 1.82) is 0 Å². The Labute approximate surface area is 124 Å². The zero-order valence-electron chi connectivity index (χ0n) is 12.1. The largest absolute Gasteiger partial charge is 0.362 e. The van der Waals surface area contributed by atoms with Crippen molar-refractivity contribution in [3.63, 3.8) is 0 Å². The molecule has 0 aliphatic rings. The van der Waals surface area contributed by atoms with Crippen molar-refractivity contribution in [1.82, 2.24) is 4.90 Å². The first-order valence-corrected chi connectivity index (χ1v) is 8.13. The van der Waals surface area contributed by atoms with Crippen molar-refractivity contribution in [2.24, 2.45) is 4.40 Å². The molecule has 1 aromatic rings. The third-order valence-corrected chi connectivity index (χ3v) is 3.96. The van der Waals surface area contributed by atoms with E-state index in [0.29, 0.717) is 0 Å². The van der Waals surface area contributed by atoms with Gasteiger partial charge in [-0.25, -0.2) is 0 Å². The van der Waals surface area contributed by atoms with Gasteiger partial charge in [-0.3, -0.25) is 10.1 Å². The lowest BCUT2D eigenvalue weighted by atomic mass is 10.3. The van der Waals surface area contributed by atoms with Crippen LogP contribution >= 0.6 is 0 Å². The summed E-state index contributed by atoms with van der Waals surface area (Å²) in [6, 6.07) is 4.68. The van der Waals surface area contributed by atoms with Crippen LogP contribution in [0.2, 0.25) is 0 Å². The van der Waals surface area contributed by atoms with E-state index in [4.69, 9.17) is 0 Å². The van der Waals surface area contributed by atoms with Crippen molar-refractivity contribution in [3.05, 3.63) is 34.4 Å². The zero-order chi connectivity index (χ0) is 15.9. The van der Waals surface area contributed by atoms with Gasteiger partial charge in [0.1, 0.15) is 6.34 Å². The quantitative estimate of drug-likeness (QED) is 0.318. The molecule has 21 heavy (non-hydrogen) atoms. The topological polar surface area (TPSA) is 92.9 Å². The second-order valence-electron chi connectivity index (χ2n) is 4.48. The zero-order valence-corrected chi connectivity index (χ0v) is 12.9. The molecule has 0 saturated heterocycles. The molecule has 0 bridgehead atoms. The van der Waals surface area contributed by atoms with Gasteiger partial charge in [0.2, 0.25) is 0 Å². The Bertz CT molecular complexity index is 590. The lowest BCUT2D eigenvalue weighted by Crippen LogP contribution is -2.24. The minimum atomic E-state index is -3.83. The highest BCUT2D eigenvalue weighted by molar-refractivity contribution is 7.90. The van der Waals surface area contributed by atoms with Crippen molar-refractivity contribution >= 4 is 22.0 Å². The molecule has 0 N–H and O–H groups in total. The summed E-state index contributed by atoms with van der Waals surface area (Å²) < 4.78 is 27.7. The summed E-state index contributed by atoms with van der Waals surface area (Å²) in [5.74, 6) is 0. The van der Waals surface area contributed by atoms with Crippen LogP contribution in [-0.2, 0) is 10.0 Å². The SMILES string of the molecule is CCCN(/C=N/S(=O)(=O)c1ccc([N+](=O)[O-])cc1)CCC. The molecule has 0 unspecified atom stereocenters. The van der Waals surface area contributed by atoms with E-state index < -0.39 is 14.9 Å². The molecule has 8 heteroatoms. The minimum absolute atomic E-state index is 0.0581. The highest BCUT2D eigenvalue weighted by Crippen LogP contribution is 2.17. The van der Waals surface area contributed by atoms with Gasteiger partial charge < -0.3 is 4.90 Å². The van der Waals surface area contributed by atoms with Crippen LogP contribution in [0, 0.1) is 10.1 Å². The molecule has 0 aromatic heterocycles. The number of rotatable bonds is 8. The molecule has 0 aliphatic carbocycles. The highest BCUT2D eigenvalue weighted by atomic mass is 32.2. The highest BCUT2D eigenvalue weighted by Gasteiger charge is 2.14. The summed E-state index contributed by atoms with van der Waals surface area (Å²) in [5.41, 5.74) is -0.156. The molecule has 1 aromatic carbocycles. The lowest BCUT2D eigenvalue weighted by molar-refractivity contribution is -0.384. The van der Waals surface area contributed by atoms with Crippen LogP contribution in [-0.4, -0.2) is 37.7 Å². The number of hydrogen-bond acceptors (Lipinski definition) is 4. The fourth-order valence-corrected chi connectivity index (χ4v) is 2.59. The van der Waals surface area contributed by atoms with Crippen LogP contribution in [0.25, 0.3) is 0 Å². The maximum absolute atomic E-state index is 12.0. The van der Waals surface area contributed by atoms with Crippen LogP contribution in [0.1, 0.15) is 26.7 Å². The fraction of sp³-hybridized carbons (Fsp3) is 0.462. The van der Waals surface area contributed by atoms with Gasteiger partial charge in [-0.2, -0.15) is 8.42 Å². The molecular formula is C13H19N3O4S. The van der Waals surface area contributed by atoms with Crippen molar-refractivity contribution in [3.8, 4) is 0 Å². The Morgan fingerprint density at radius 1 is 1.19 bits per heavy atom. The predicted molar refractivity (Wildman–Crippen MR) is 80.9 cm³/mol. The smallest absolute Gasteiger partial charge is 0.283 e. The number of benzene rings is 1. The van der Waals surface area contributed by atoms with Crippen molar-refractivity contribution in [2.45, 2.75) is 31.6 Å². The van der Waals surface area contributed by atoms with Gasteiger partial charge in [0, 0.05) is 25.2 Å². The first-order chi connectivity index (χ1) is 9.90. The van der Waals surface area contributed by atoms with E-state index in [1.165, 1.54) is 18.5 Å². The molecule has 0 heterocycles. The molecule has 0 radical (unpaired) electrons. The van der Waals surface area contributed by atoms with Crippen molar-refractivity contribution in [2.75, 3.05) is 13.1 Å². The molecular weight excluding hydrogens is 294 g/mol. The molecule has 7 nitrogen and oxygen atoms in total. The van der Waals surface area contributed by atoms with Crippen molar-refractivity contribution < 1.29 is 13.3 Å². The lowest BCUT2D eigenvalue weighted by Gasteiger charge is -2.16. The summed E-state index contributed by atoms with van der Waals surface area (Å²) in [4.78, 5) is 11.7. The van der Waals surface area contributed by atoms with Crippen LogP contribution in [0.4, 0.5) is 5.69 Å². The number of hydrogen-bond donors (Lipinski definition) is 0. The van der Waals surface area contributed by atoms with Gasteiger partial charge in [0.25, 0.3) is 15.7 Å². The summed E-state index contributed by atoms with van der Waals surface area (Å²) in [6.45, 7) is 5.46. The number of nitro groups is 1. The monoisotopic (exact) mass is 313 g/mol. The number of sulfonamides is 1. The molecule has 0 saturated carbocycles. The number of nitrogens with zero attached hydrogens (tertiary/aromatic N) is 3. The Kier molecular flexibility index (Phi) is 6.29. The average molecular weight is 313 g/mol. The first-order valence-electron chi connectivity index (χ1n) is 6.69. The molecule has 116 valence electrons. The van der Waals surface area contributed by atoms with E-state index in [9.17, 15) is 18.5 Å². The molecule has 0 fully saturated rings. The number of nitro benzene ring substituents is 1.